The largest absolute Gasteiger partial charge is 0.498 e. The molecule has 1 aliphatic heterocycles. The zero-order valence-electron chi connectivity index (χ0n) is 13.4. The van der Waals surface area contributed by atoms with E-state index < -0.39 is 6.09 Å². The van der Waals surface area contributed by atoms with Crippen molar-refractivity contribution in [2.24, 2.45) is 0 Å². The van der Waals surface area contributed by atoms with Gasteiger partial charge in [-0.05, 0) is 39.3 Å². The van der Waals surface area contributed by atoms with Crippen molar-refractivity contribution in [2.75, 3.05) is 31.1 Å². The van der Waals surface area contributed by atoms with E-state index in [4.69, 9.17) is 0 Å². The van der Waals surface area contributed by atoms with Crippen LogP contribution in [0.1, 0.15) is 32.8 Å². The van der Waals surface area contributed by atoms with Crippen molar-refractivity contribution in [2.45, 2.75) is 39.7 Å². The molecule has 0 bridgehead atoms. The number of amides is 1. The first kappa shape index (κ1) is 15.8. The van der Waals surface area contributed by atoms with Crippen molar-refractivity contribution in [3.05, 3.63) is 23.9 Å². The van der Waals surface area contributed by atoms with E-state index in [0.29, 0.717) is 19.6 Å². The first-order chi connectivity index (χ1) is 9.76. The van der Waals surface area contributed by atoms with Crippen LogP contribution in [0.4, 0.5) is 10.6 Å². The fraction of sp³-hybridized carbons (Fsp3) is 0.625. The summed E-state index contributed by atoms with van der Waals surface area (Å²) < 4.78 is 0.00929. The molecule has 1 amide bonds. The van der Waals surface area contributed by atoms with Crippen LogP contribution in [0.2, 0.25) is 0 Å². The average Bonchev–Trinajstić information content (AvgIpc) is 2.62. The van der Waals surface area contributed by atoms with Gasteiger partial charge in [0.05, 0.1) is 18.6 Å². The van der Waals surface area contributed by atoms with Crippen LogP contribution < -0.4 is 10.0 Å². The third kappa shape index (κ3) is 3.02. The van der Waals surface area contributed by atoms with Crippen LogP contribution in [0.25, 0.3) is 0 Å². The van der Waals surface area contributed by atoms with Gasteiger partial charge in [-0.2, -0.15) is 0 Å². The molecule has 5 heteroatoms. The number of hydrogen-bond donors (Lipinski definition) is 0. The number of carboxylic acid groups (broad SMARTS) is 1. The van der Waals surface area contributed by atoms with E-state index in [0.717, 1.165) is 24.3 Å². The van der Waals surface area contributed by atoms with Gasteiger partial charge in [0, 0.05) is 19.2 Å². The Hall–Kier alpha value is -1.62. The number of carbonyl (C=O) groups excluding carboxylic acids is 1. The standard InChI is InChI=1S/C16H25N3O2/c1-13-6-7-14(17-12-13)18-8-5-10-19(11-9-18,15(20)21)16(2,3)4/h6-7,12H,5,8-11H2,1-4H3. The number of aromatic nitrogens is 1. The van der Waals surface area contributed by atoms with Gasteiger partial charge in [-0.1, -0.05) is 6.07 Å². The third-order valence-electron chi connectivity index (χ3n) is 4.57. The van der Waals surface area contributed by atoms with E-state index in [1.165, 1.54) is 0 Å². The maximum Gasteiger partial charge on any atom is 0.257 e. The third-order valence-corrected chi connectivity index (χ3v) is 4.57. The molecular formula is C16H25N3O2. The zero-order chi connectivity index (χ0) is 15.7. The van der Waals surface area contributed by atoms with Crippen LogP contribution in [-0.4, -0.2) is 47.3 Å². The minimum atomic E-state index is -0.971. The van der Waals surface area contributed by atoms with E-state index in [-0.39, 0.29) is 10.0 Å². The first-order valence-corrected chi connectivity index (χ1v) is 7.53. The highest BCUT2D eigenvalue weighted by Crippen LogP contribution is 2.28. The fourth-order valence-corrected chi connectivity index (χ4v) is 3.05. The maximum absolute atomic E-state index is 11.8. The molecule has 2 rings (SSSR count). The second kappa shape index (κ2) is 5.64. The molecule has 1 aliphatic rings. The van der Waals surface area contributed by atoms with E-state index in [1.807, 2.05) is 46.0 Å². The monoisotopic (exact) mass is 291 g/mol. The Morgan fingerprint density at radius 3 is 2.52 bits per heavy atom. The van der Waals surface area contributed by atoms with Crippen LogP contribution in [0, 0.1) is 6.92 Å². The van der Waals surface area contributed by atoms with Crippen molar-refractivity contribution < 1.29 is 14.4 Å². The lowest BCUT2D eigenvalue weighted by Crippen LogP contribution is -2.68. The zero-order valence-corrected chi connectivity index (χ0v) is 13.4. The van der Waals surface area contributed by atoms with Gasteiger partial charge in [0.15, 0.2) is 0 Å². The van der Waals surface area contributed by atoms with Crippen LogP contribution in [0.15, 0.2) is 18.3 Å². The molecule has 1 atom stereocenters. The number of pyridine rings is 1. The molecule has 0 radical (unpaired) electrons. The van der Waals surface area contributed by atoms with Crippen molar-refractivity contribution >= 4 is 11.9 Å². The number of anilines is 1. The predicted molar refractivity (Wildman–Crippen MR) is 80.9 cm³/mol. The van der Waals surface area contributed by atoms with Gasteiger partial charge in [-0.15, -0.1) is 0 Å². The minimum Gasteiger partial charge on any atom is -0.498 e. The molecule has 0 aliphatic carbocycles. The summed E-state index contributed by atoms with van der Waals surface area (Å²) >= 11 is 0. The Morgan fingerprint density at radius 2 is 2.00 bits per heavy atom. The molecule has 0 saturated carbocycles. The van der Waals surface area contributed by atoms with Crippen molar-refractivity contribution in [1.29, 1.82) is 0 Å². The molecule has 21 heavy (non-hydrogen) atoms. The summed E-state index contributed by atoms with van der Waals surface area (Å²) in [6.45, 7) is 10.6. The molecule has 0 N–H and O–H groups in total. The predicted octanol–water partition coefficient (Wildman–Crippen LogP) is 1.56. The van der Waals surface area contributed by atoms with E-state index in [2.05, 4.69) is 9.88 Å². The summed E-state index contributed by atoms with van der Waals surface area (Å²) in [5, 5.41) is 11.8. The Morgan fingerprint density at radius 1 is 1.29 bits per heavy atom. The molecule has 116 valence electrons. The second-order valence-electron chi connectivity index (χ2n) is 6.89. The topological polar surface area (TPSA) is 56.3 Å². The lowest BCUT2D eigenvalue weighted by Gasteiger charge is -2.47. The van der Waals surface area contributed by atoms with Crippen molar-refractivity contribution in [1.82, 2.24) is 4.98 Å². The first-order valence-electron chi connectivity index (χ1n) is 7.53. The lowest BCUT2D eigenvalue weighted by atomic mass is 10.0. The summed E-state index contributed by atoms with van der Waals surface area (Å²) in [7, 11) is 0. The molecule has 0 spiro atoms. The Labute approximate surface area is 126 Å². The fourth-order valence-electron chi connectivity index (χ4n) is 3.05. The normalized spacial score (nSPS) is 23.7. The Balaban J connectivity index is 2.21. The molecule has 2 heterocycles. The van der Waals surface area contributed by atoms with Crippen LogP contribution in [0.5, 0.6) is 0 Å². The maximum atomic E-state index is 11.8. The van der Waals surface area contributed by atoms with Crippen LogP contribution in [0.3, 0.4) is 0 Å². The van der Waals surface area contributed by atoms with Gasteiger partial charge in [0.25, 0.3) is 6.09 Å². The summed E-state index contributed by atoms with van der Waals surface area (Å²) in [5.41, 5.74) is 0.762. The van der Waals surface area contributed by atoms with E-state index in [1.54, 1.807) is 0 Å². The molecule has 1 unspecified atom stereocenters. The molecule has 1 fully saturated rings. The van der Waals surface area contributed by atoms with Gasteiger partial charge < -0.3 is 14.8 Å². The molecule has 5 nitrogen and oxygen atoms in total. The quantitative estimate of drug-likeness (QED) is 0.737. The number of hydrogen-bond acceptors (Lipinski definition) is 4. The Bertz CT molecular complexity index is 507. The molecular weight excluding hydrogens is 266 g/mol. The van der Waals surface area contributed by atoms with Crippen LogP contribution >= 0.6 is 0 Å². The summed E-state index contributed by atoms with van der Waals surface area (Å²) in [6, 6.07) is 4.04. The molecule has 1 aromatic rings. The smallest absolute Gasteiger partial charge is 0.257 e. The van der Waals surface area contributed by atoms with Gasteiger partial charge in [0.1, 0.15) is 12.4 Å². The van der Waals surface area contributed by atoms with E-state index >= 15 is 0 Å². The second-order valence-corrected chi connectivity index (χ2v) is 6.89. The highest BCUT2D eigenvalue weighted by Gasteiger charge is 2.43. The molecule has 1 aromatic heterocycles. The van der Waals surface area contributed by atoms with E-state index in [9.17, 15) is 9.90 Å². The SMILES string of the molecule is Cc1ccc(N2CCC[N+](C(=O)[O-])(C(C)(C)C)CC2)nc1. The number of quaternary nitrogens is 1. The average molecular weight is 291 g/mol. The summed E-state index contributed by atoms with van der Waals surface area (Å²) in [6.07, 6.45) is 1.70. The summed E-state index contributed by atoms with van der Waals surface area (Å²) in [5.74, 6) is 0.924. The lowest BCUT2D eigenvalue weighted by molar-refractivity contribution is -0.917. The van der Waals surface area contributed by atoms with Crippen molar-refractivity contribution in [3.63, 3.8) is 0 Å². The van der Waals surface area contributed by atoms with Gasteiger partial charge in [-0.25, -0.2) is 4.98 Å². The van der Waals surface area contributed by atoms with Gasteiger partial charge >= 0.3 is 0 Å². The molecule has 0 aromatic carbocycles. The van der Waals surface area contributed by atoms with Gasteiger partial charge in [-0.3, -0.25) is 4.48 Å². The number of nitrogens with zero attached hydrogens (tertiary/aromatic N) is 3. The Kier molecular flexibility index (Phi) is 4.23. The highest BCUT2D eigenvalue weighted by molar-refractivity contribution is 5.55. The number of rotatable bonds is 1. The van der Waals surface area contributed by atoms with Crippen molar-refractivity contribution in [3.8, 4) is 0 Å². The molecule has 1 saturated heterocycles. The highest BCUT2D eigenvalue weighted by atomic mass is 16.4. The number of aryl methyl sites for hydroxylation is 1. The van der Waals surface area contributed by atoms with Crippen LogP contribution in [-0.2, 0) is 0 Å². The van der Waals surface area contributed by atoms with Gasteiger partial charge in [0.2, 0.25) is 0 Å². The number of carbonyl (C=O) groups is 1. The minimum absolute atomic E-state index is 0.00929. The summed E-state index contributed by atoms with van der Waals surface area (Å²) in [4.78, 5) is 18.4.